The molecule has 1 N–H and O–H groups in total. The van der Waals surface area contributed by atoms with Crippen LogP contribution < -0.4 is 5.32 Å². The summed E-state index contributed by atoms with van der Waals surface area (Å²) < 4.78 is 0. The number of benzene rings is 1. The Bertz CT molecular complexity index is 444. The van der Waals surface area contributed by atoms with Crippen LogP contribution in [0, 0.1) is 0 Å². The smallest absolute Gasteiger partial charge is 0.235 e. The SMILES string of the molecule is CC(Sc1cccc(CNC2CC2)c1)C(=O)N(C)C. The van der Waals surface area contributed by atoms with Crippen LogP contribution in [0.15, 0.2) is 29.2 Å². The fourth-order valence-corrected chi connectivity index (χ4v) is 2.99. The Hall–Kier alpha value is -1.00. The second-order valence-corrected chi connectivity index (χ2v) is 6.71. The van der Waals surface area contributed by atoms with Crippen molar-refractivity contribution in [3.05, 3.63) is 29.8 Å². The molecule has 3 nitrogen and oxygen atoms in total. The lowest BCUT2D eigenvalue weighted by Gasteiger charge is -2.16. The van der Waals surface area contributed by atoms with Crippen LogP contribution in [-0.4, -0.2) is 36.2 Å². The van der Waals surface area contributed by atoms with Crippen molar-refractivity contribution in [3.63, 3.8) is 0 Å². The first-order valence-electron chi connectivity index (χ1n) is 6.76. The molecule has 1 atom stereocenters. The molecule has 104 valence electrons. The first-order chi connectivity index (χ1) is 9.06. The van der Waals surface area contributed by atoms with E-state index in [-0.39, 0.29) is 11.2 Å². The van der Waals surface area contributed by atoms with Crippen molar-refractivity contribution in [1.82, 2.24) is 10.2 Å². The summed E-state index contributed by atoms with van der Waals surface area (Å²) in [5, 5.41) is 3.47. The minimum Gasteiger partial charge on any atom is -0.348 e. The molecular weight excluding hydrogens is 256 g/mol. The topological polar surface area (TPSA) is 32.3 Å². The minimum atomic E-state index is -0.0401. The van der Waals surface area contributed by atoms with Crippen molar-refractivity contribution in [2.24, 2.45) is 0 Å². The maximum Gasteiger partial charge on any atom is 0.235 e. The maximum absolute atomic E-state index is 11.8. The number of carbonyl (C=O) groups is 1. The van der Waals surface area contributed by atoms with Crippen molar-refractivity contribution in [2.45, 2.75) is 42.5 Å². The number of amides is 1. The molecule has 0 radical (unpaired) electrons. The molecule has 0 heterocycles. The van der Waals surface area contributed by atoms with E-state index in [9.17, 15) is 4.79 Å². The molecule has 1 fully saturated rings. The summed E-state index contributed by atoms with van der Waals surface area (Å²) in [6.07, 6.45) is 2.62. The molecule has 1 aliphatic rings. The van der Waals surface area contributed by atoms with Gasteiger partial charge in [-0.05, 0) is 37.5 Å². The second kappa shape index (κ2) is 6.44. The molecule has 19 heavy (non-hydrogen) atoms. The summed E-state index contributed by atoms with van der Waals surface area (Å²) in [5.74, 6) is 0.159. The molecule has 1 aromatic carbocycles. The van der Waals surface area contributed by atoms with Gasteiger partial charge in [-0.2, -0.15) is 0 Å². The molecule has 0 aliphatic heterocycles. The van der Waals surface area contributed by atoms with Crippen LogP contribution in [0.1, 0.15) is 25.3 Å². The van der Waals surface area contributed by atoms with Gasteiger partial charge < -0.3 is 10.2 Å². The average molecular weight is 278 g/mol. The number of thioether (sulfide) groups is 1. The van der Waals surface area contributed by atoms with Gasteiger partial charge in [-0.1, -0.05) is 12.1 Å². The van der Waals surface area contributed by atoms with Crippen LogP contribution in [0.2, 0.25) is 0 Å². The van der Waals surface area contributed by atoms with E-state index in [0.29, 0.717) is 0 Å². The summed E-state index contributed by atoms with van der Waals surface area (Å²) in [7, 11) is 3.60. The van der Waals surface area contributed by atoms with E-state index in [4.69, 9.17) is 0 Å². The van der Waals surface area contributed by atoms with Crippen LogP contribution in [0.4, 0.5) is 0 Å². The van der Waals surface area contributed by atoms with E-state index in [1.165, 1.54) is 18.4 Å². The monoisotopic (exact) mass is 278 g/mol. The van der Waals surface area contributed by atoms with E-state index in [0.717, 1.165) is 17.5 Å². The van der Waals surface area contributed by atoms with Gasteiger partial charge in [-0.25, -0.2) is 0 Å². The molecule has 1 aromatic rings. The van der Waals surface area contributed by atoms with Gasteiger partial charge in [0.25, 0.3) is 0 Å². The van der Waals surface area contributed by atoms with Crippen LogP contribution in [0.5, 0.6) is 0 Å². The summed E-state index contributed by atoms with van der Waals surface area (Å²) in [5.41, 5.74) is 1.29. The number of hydrogen-bond acceptors (Lipinski definition) is 3. The average Bonchev–Trinajstić information content (AvgIpc) is 3.19. The minimum absolute atomic E-state index is 0.0401. The Kier molecular flexibility index (Phi) is 4.88. The van der Waals surface area contributed by atoms with Gasteiger partial charge >= 0.3 is 0 Å². The Labute approximate surface area is 119 Å². The van der Waals surface area contributed by atoms with Crippen LogP contribution in [-0.2, 0) is 11.3 Å². The van der Waals surface area contributed by atoms with E-state index in [1.807, 2.05) is 6.92 Å². The number of nitrogens with zero attached hydrogens (tertiary/aromatic N) is 1. The summed E-state index contributed by atoms with van der Waals surface area (Å²) >= 11 is 1.63. The fraction of sp³-hybridized carbons (Fsp3) is 0.533. The van der Waals surface area contributed by atoms with Gasteiger partial charge in [0.05, 0.1) is 5.25 Å². The predicted molar refractivity (Wildman–Crippen MR) is 80.3 cm³/mol. The molecule has 2 rings (SSSR count). The highest BCUT2D eigenvalue weighted by atomic mass is 32.2. The first-order valence-corrected chi connectivity index (χ1v) is 7.64. The molecule has 0 aromatic heterocycles. The number of hydrogen-bond donors (Lipinski definition) is 1. The van der Waals surface area contributed by atoms with E-state index in [2.05, 4.69) is 29.6 Å². The number of carbonyl (C=O) groups excluding carboxylic acids is 1. The van der Waals surface area contributed by atoms with Crippen molar-refractivity contribution in [1.29, 1.82) is 0 Å². The van der Waals surface area contributed by atoms with Crippen molar-refractivity contribution < 1.29 is 4.79 Å². The van der Waals surface area contributed by atoms with E-state index < -0.39 is 0 Å². The Morgan fingerprint density at radius 1 is 1.47 bits per heavy atom. The number of rotatable bonds is 6. The molecular formula is C15H22N2OS. The predicted octanol–water partition coefficient (Wildman–Crippen LogP) is 2.51. The molecule has 4 heteroatoms. The zero-order valence-corrected chi connectivity index (χ0v) is 12.7. The van der Waals surface area contributed by atoms with Crippen LogP contribution in [0.3, 0.4) is 0 Å². The van der Waals surface area contributed by atoms with Crippen molar-refractivity contribution in [2.75, 3.05) is 14.1 Å². The molecule has 1 amide bonds. The lowest BCUT2D eigenvalue weighted by atomic mass is 10.2. The Balaban J connectivity index is 1.91. The van der Waals surface area contributed by atoms with Crippen molar-refractivity contribution >= 4 is 17.7 Å². The highest BCUT2D eigenvalue weighted by Crippen LogP contribution is 2.25. The third-order valence-electron chi connectivity index (χ3n) is 3.17. The van der Waals surface area contributed by atoms with Crippen molar-refractivity contribution in [3.8, 4) is 0 Å². The fourth-order valence-electron chi connectivity index (χ4n) is 1.90. The third kappa shape index (κ3) is 4.55. The first kappa shape index (κ1) is 14.4. The van der Waals surface area contributed by atoms with Gasteiger partial charge in [-0.3, -0.25) is 4.79 Å². The molecule has 1 unspecified atom stereocenters. The molecule has 1 aliphatic carbocycles. The lowest BCUT2D eigenvalue weighted by Crippen LogP contribution is -2.29. The third-order valence-corrected chi connectivity index (χ3v) is 4.25. The largest absolute Gasteiger partial charge is 0.348 e. The standard InChI is InChI=1S/C15H22N2OS/c1-11(15(18)17(2)3)19-14-6-4-5-12(9-14)10-16-13-7-8-13/h4-6,9,11,13,16H,7-8,10H2,1-3H3. The number of nitrogens with one attached hydrogen (secondary N) is 1. The van der Waals surface area contributed by atoms with Gasteiger partial charge in [0, 0.05) is 31.6 Å². The highest BCUT2D eigenvalue weighted by Gasteiger charge is 2.20. The van der Waals surface area contributed by atoms with E-state index >= 15 is 0 Å². The van der Waals surface area contributed by atoms with Crippen LogP contribution >= 0.6 is 11.8 Å². The summed E-state index contributed by atoms with van der Waals surface area (Å²) in [4.78, 5) is 14.7. The van der Waals surface area contributed by atoms with Gasteiger partial charge in [-0.15, -0.1) is 11.8 Å². The Morgan fingerprint density at radius 2 is 2.21 bits per heavy atom. The molecule has 0 spiro atoms. The molecule has 0 saturated heterocycles. The molecule has 0 bridgehead atoms. The Morgan fingerprint density at radius 3 is 2.84 bits per heavy atom. The maximum atomic E-state index is 11.8. The second-order valence-electron chi connectivity index (χ2n) is 5.30. The summed E-state index contributed by atoms with van der Waals surface area (Å²) in [6, 6.07) is 9.19. The zero-order valence-electron chi connectivity index (χ0n) is 11.8. The molecule has 1 saturated carbocycles. The highest BCUT2D eigenvalue weighted by molar-refractivity contribution is 8.00. The summed E-state index contributed by atoms with van der Waals surface area (Å²) in [6.45, 7) is 2.89. The van der Waals surface area contributed by atoms with Crippen LogP contribution in [0.25, 0.3) is 0 Å². The quantitative estimate of drug-likeness (QED) is 0.812. The van der Waals surface area contributed by atoms with Gasteiger partial charge in [0.1, 0.15) is 0 Å². The normalized spacial score (nSPS) is 16.2. The lowest BCUT2D eigenvalue weighted by molar-refractivity contribution is -0.127. The zero-order chi connectivity index (χ0) is 13.8. The van der Waals surface area contributed by atoms with E-state index in [1.54, 1.807) is 30.8 Å². The van der Waals surface area contributed by atoms with Gasteiger partial charge in [0.2, 0.25) is 5.91 Å². The van der Waals surface area contributed by atoms with Gasteiger partial charge in [0.15, 0.2) is 0 Å².